The lowest BCUT2D eigenvalue weighted by molar-refractivity contribution is 1.06. The maximum absolute atomic E-state index is 5.43. The van der Waals surface area contributed by atoms with E-state index in [9.17, 15) is 0 Å². The molecule has 6 heteroatoms. The van der Waals surface area contributed by atoms with E-state index in [0.29, 0.717) is 5.95 Å². The highest BCUT2D eigenvalue weighted by atomic mass is 32.2. The first-order valence-corrected chi connectivity index (χ1v) is 5.20. The number of anilines is 1. The quantitative estimate of drug-likeness (QED) is 0.764. The molecule has 0 atom stereocenters. The number of hydrogen-bond donors (Lipinski definition) is 1. The molecule has 0 aromatic carbocycles. The van der Waals surface area contributed by atoms with Crippen molar-refractivity contribution in [2.45, 2.75) is 9.37 Å². The summed E-state index contributed by atoms with van der Waals surface area (Å²) in [6.07, 6.45) is 3.40. The third-order valence-corrected chi connectivity index (χ3v) is 3.07. The summed E-state index contributed by atoms with van der Waals surface area (Å²) in [6, 6.07) is 1.81. The minimum absolute atomic E-state index is 0.293. The summed E-state index contributed by atoms with van der Waals surface area (Å²) in [6.45, 7) is 0. The Morgan fingerprint density at radius 2 is 2.23 bits per heavy atom. The van der Waals surface area contributed by atoms with Crippen molar-refractivity contribution >= 4 is 29.0 Å². The lowest BCUT2D eigenvalue weighted by Gasteiger charge is -1.96. The standard InChI is InChI=1S/C7H6N4S2/c8-6-9-2-1-5(11-6)13-7-10-3-4-12-7/h1-4H,(H2,8,9,11). The van der Waals surface area contributed by atoms with Crippen LogP contribution in [-0.4, -0.2) is 15.0 Å². The number of nitrogens with two attached hydrogens (primary N) is 1. The second-order valence-electron chi connectivity index (χ2n) is 2.15. The molecule has 0 bridgehead atoms. The number of hydrogen-bond acceptors (Lipinski definition) is 6. The zero-order valence-corrected chi connectivity index (χ0v) is 8.18. The van der Waals surface area contributed by atoms with Crippen molar-refractivity contribution in [3.63, 3.8) is 0 Å². The molecule has 0 spiro atoms. The molecule has 2 heterocycles. The Balaban J connectivity index is 2.19. The van der Waals surface area contributed by atoms with Gasteiger partial charge in [-0.05, 0) is 17.8 Å². The van der Waals surface area contributed by atoms with Gasteiger partial charge in [0.05, 0.1) is 0 Å². The second kappa shape index (κ2) is 3.71. The van der Waals surface area contributed by atoms with Crippen LogP contribution in [0.2, 0.25) is 0 Å². The lowest BCUT2D eigenvalue weighted by Crippen LogP contribution is -1.93. The van der Waals surface area contributed by atoms with Crippen LogP contribution in [0, 0.1) is 0 Å². The van der Waals surface area contributed by atoms with Crippen molar-refractivity contribution < 1.29 is 0 Å². The van der Waals surface area contributed by atoms with E-state index in [1.807, 2.05) is 11.4 Å². The van der Waals surface area contributed by atoms with Gasteiger partial charge >= 0.3 is 0 Å². The molecule has 0 aliphatic rings. The Morgan fingerprint density at radius 3 is 2.92 bits per heavy atom. The number of rotatable bonds is 2. The topological polar surface area (TPSA) is 64.7 Å². The van der Waals surface area contributed by atoms with Crippen LogP contribution in [-0.2, 0) is 0 Å². The van der Waals surface area contributed by atoms with Crippen LogP contribution in [0.3, 0.4) is 0 Å². The highest BCUT2D eigenvalue weighted by Crippen LogP contribution is 2.27. The van der Waals surface area contributed by atoms with E-state index < -0.39 is 0 Å². The van der Waals surface area contributed by atoms with Gasteiger partial charge in [-0.25, -0.2) is 15.0 Å². The first kappa shape index (κ1) is 8.46. The van der Waals surface area contributed by atoms with E-state index in [1.54, 1.807) is 23.7 Å². The predicted octanol–water partition coefficient (Wildman–Crippen LogP) is 1.67. The lowest BCUT2D eigenvalue weighted by atomic mass is 10.7. The summed E-state index contributed by atoms with van der Waals surface area (Å²) < 4.78 is 0.957. The van der Waals surface area contributed by atoms with Crippen LogP contribution < -0.4 is 5.73 Å². The minimum Gasteiger partial charge on any atom is -0.368 e. The van der Waals surface area contributed by atoms with E-state index in [1.165, 1.54) is 11.8 Å². The molecule has 0 unspecified atom stereocenters. The van der Waals surface area contributed by atoms with Gasteiger partial charge < -0.3 is 5.73 Å². The fraction of sp³-hybridized carbons (Fsp3) is 0. The average Bonchev–Trinajstić information content (AvgIpc) is 2.57. The third-order valence-electron chi connectivity index (χ3n) is 1.25. The summed E-state index contributed by atoms with van der Waals surface area (Å²) in [5, 5.41) is 2.75. The average molecular weight is 210 g/mol. The Hall–Kier alpha value is -1.14. The SMILES string of the molecule is Nc1nccc(Sc2nccs2)n1. The van der Waals surface area contributed by atoms with Crippen molar-refractivity contribution in [3.05, 3.63) is 23.8 Å². The molecule has 0 aliphatic carbocycles. The summed E-state index contributed by atoms with van der Waals surface area (Å²) in [4.78, 5) is 12.0. The number of aromatic nitrogens is 3. The van der Waals surface area contributed by atoms with Crippen molar-refractivity contribution in [2.75, 3.05) is 5.73 Å². The van der Waals surface area contributed by atoms with Gasteiger partial charge in [-0.1, -0.05) is 0 Å². The molecule has 0 radical (unpaired) electrons. The number of nitrogens with zero attached hydrogens (tertiary/aromatic N) is 3. The minimum atomic E-state index is 0.293. The maximum Gasteiger partial charge on any atom is 0.221 e. The highest BCUT2D eigenvalue weighted by Gasteiger charge is 2.00. The summed E-state index contributed by atoms with van der Waals surface area (Å²) in [5.41, 5.74) is 5.43. The van der Waals surface area contributed by atoms with Gasteiger partial charge in [0.15, 0.2) is 4.34 Å². The van der Waals surface area contributed by atoms with Crippen LogP contribution in [0.4, 0.5) is 5.95 Å². The second-order valence-corrected chi connectivity index (χ2v) is 4.32. The molecule has 2 aromatic rings. The van der Waals surface area contributed by atoms with Crippen molar-refractivity contribution in [3.8, 4) is 0 Å². The monoisotopic (exact) mass is 210 g/mol. The fourth-order valence-corrected chi connectivity index (χ4v) is 2.30. The molecule has 0 aliphatic heterocycles. The normalized spacial score (nSPS) is 10.2. The van der Waals surface area contributed by atoms with Crippen LogP contribution in [0.1, 0.15) is 0 Å². The molecular formula is C7H6N4S2. The number of thiazole rings is 1. The van der Waals surface area contributed by atoms with Gasteiger partial charge in [0.2, 0.25) is 5.95 Å². The molecule has 0 saturated carbocycles. The van der Waals surface area contributed by atoms with E-state index in [0.717, 1.165) is 9.37 Å². The molecular weight excluding hydrogens is 204 g/mol. The van der Waals surface area contributed by atoms with Crippen LogP contribution in [0.15, 0.2) is 33.2 Å². The van der Waals surface area contributed by atoms with Gasteiger partial charge in [0, 0.05) is 17.8 Å². The highest BCUT2D eigenvalue weighted by molar-refractivity contribution is 8.00. The zero-order valence-electron chi connectivity index (χ0n) is 6.54. The molecule has 0 amide bonds. The molecule has 66 valence electrons. The van der Waals surface area contributed by atoms with E-state index in [4.69, 9.17) is 5.73 Å². The third kappa shape index (κ3) is 2.16. The first-order chi connectivity index (χ1) is 6.34. The maximum atomic E-state index is 5.43. The van der Waals surface area contributed by atoms with E-state index in [2.05, 4.69) is 15.0 Å². The van der Waals surface area contributed by atoms with Gasteiger partial charge in [0.1, 0.15) is 5.03 Å². The molecule has 0 fully saturated rings. The smallest absolute Gasteiger partial charge is 0.221 e. The van der Waals surface area contributed by atoms with Crippen molar-refractivity contribution in [1.29, 1.82) is 0 Å². The van der Waals surface area contributed by atoms with Crippen LogP contribution in [0.5, 0.6) is 0 Å². The molecule has 2 N–H and O–H groups in total. The van der Waals surface area contributed by atoms with E-state index in [-0.39, 0.29) is 0 Å². The molecule has 2 aromatic heterocycles. The Labute approximate surface area is 83.3 Å². The van der Waals surface area contributed by atoms with Crippen molar-refractivity contribution in [1.82, 2.24) is 15.0 Å². The van der Waals surface area contributed by atoms with Gasteiger partial charge in [0.25, 0.3) is 0 Å². The largest absolute Gasteiger partial charge is 0.368 e. The Bertz CT molecular complexity index is 387. The zero-order chi connectivity index (χ0) is 9.10. The van der Waals surface area contributed by atoms with Crippen LogP contribution in [0.25, 0.3) is 0 Å². The predicted molar refractivity (Wildman–Crippen MR) is 52.7 cm³/mol. The Morgan fingerprint density at radius 1 is 1.31 bits per heavy atom. The first-order valence-electron chi connectivity index (χ1n) is 3.50. The molecule has 4 nitrogen and oxygen atoms in total. The van der Waals surface area contributed by atoms with Crippen molar-refractivity contribution in [2.24, 2.45) is 0 Å². The van der Waals surface area contributed by atoms with Gasteiger partial charge in [-0.15, -0.1) is 11.3 Å². The van der Waals surface area contributed by atoms with E-state index >= 15 is 0 Å². The molecule has 13 heavy (non-hydrogen) atoms. The summed E-state index contributed by atoms with van der Waals surface area (Å²) in [5.74, 6) is 0.293. The fourth-order valence-electron chi connectivity index (χ4n) is 0.763. The number of nitrogen functional groups attached to an aromatic ring is 1. The Kier molecular flexibility index (Phi) is 2.42. The molecule has 0 saturated heterocycles. The van der Waals surface area contributed by atoms with Crippen LogP contribution >= 0.6 is 23.1 Å². The van der Waals surface area contributed by atoms with Gasteiger partial charge in [-0.2, -0.15) is 0 Å². The summed E-state index contributed by atoms with van der Waals surface area (Å²) >= 11 is 3.06. The van der Waals surface area contributed by atoms with Gasteiger partial charge in [-0.3, -0.25) is 0 Å². The summed E-state index contributed by atoms with van der Waals surface area (Å²) in [7, 11) is 0. The molecule has 2 rings (SSSR count).